The second-order valence-electron chi connectivity index (χ2n) is 4.97. The van der Waals surface area contributed by atoms with E-state index in [1.807, 2.05) is 29.0 Å². The lowest BCUT2D eigenvalue weighted by atomic mass is 10.2. The van der Waals surface area contributed by atoms with Crippen molar-refractivity contribution in [2.75, 3.05) is 20.8 Å². The van der Waals surface area contributed by atoms with E-state index < -0.39 is 0 Å². The molecule has 0 aliphatic rings. The van der Waals surface area contributed by atoms with Crippen molar-refractivity contribution in [3.05, 3.63) is 42.5 Å². The first kappa shape index (κ1) is 20.1. The zero-order valence-corrected chi connectivity index (χ0v) is 16.3. The summed E-state index contributed by atoms with van der Waals surface area (Å²) in [6, 6.07) is 5.70. The third kappa shape index (κ3) is 6.26. The molecule has 1 aromatic heterocycles. The van der Waals surface area contributed by atoms with E-state index in [0.717, 1.165) is 25.1 Å². The van der Waals surface area contributed by atoms with Gasteiger partial charge in [-0.2, -0.15) is 0 Å². The Bertz CT molecular complexity index is 631. The number of benzene rings is 1. The van der Waals surface area contributed by atoms with E-state index in [4.69, 9.17) is 15.2 Å². The van der Waals surface area contributed by atoms with Gasteiger partial charge in [0.25, 0.3) is 0 Å². The van der Waals surface area contributed by atoms with E-state index >= 15 is 0 Å². The minimum atomic E-state index is 0. The van der Waals surface area contributed by atoms with Crippen LogP contribution in [0.15, 0.2) is 41.9 Å². The van der Waals surface area contributed by atoms with Crippen LogP contribution in [-0.2, 0) is 13.1 Å². The molecule has 24 heavy (non-hydrogen) atoms. The molecular formula is C16H24IN5O2. The van der Waals surface area contributed by atoms with Gasteiger partial charge in [0.05, 0.1) is 27.1 Å². The monoisotopic (exact) mass is 445 g/mol. The number of nitrogens with one attached hydrogen (secondary N) is 1. The Morgan fingerprint density at radius 2 is 2.08 bits per heavy atom. The number of ether oxygens (including phenoxy) is 2. The number of guanidine groups is 1. The van der Waals surface area contributed by atoms with E-state index in [0.29, 0.717) is 24.0 Å². The molecule has 7 nitrogen and oxygen atoms in total. The fourth-order valence-electron chi connectivity index (χ4n) is 2.11. The molecule has 0 spiro atoms. The summed E-state index contributed by atoms with van der Waals surface area (Å²) >= 11 is 0. The van der Waals surface area contributed by atoms with Crippen molar-refractivity contribution in [1.29, 1.82) is 0 Å². The molecule has 1 heterocycles. The summed E-state index contributed by atoms with van der Waals surface area (Å²) in [6.45, 7) is 2.15. The molecule has 132 valence electrons. The number of halogens is 1. The molecule has 0 aliphatic carbocycles. The number of aromatic nitrogens is 2. The van der Waals surface area contributed by atoms with Gasteiger partial charge >= 0.3 is 0 Å². The lowest BCUT2D eigenvalue weighted by molar-refractivity contribution is 0.354. The summed E-state index contributed by atoms with van der Waals surface area (Å²) < 4.78 is 12.5. The number of imidazole rings is 1. The molecule has 0 fully saturated rings. The summed E-state index contributed by atoms with van der Waals surface area (Å²) in [6.07, 6.45) is 6.46. The highest BCUT2D eigenvalue weighted by Gasteiger charge is 2.04. The van der Waals surface area contributed by atoms with E-state index in [9.17, 15) is 0 Å². The van der Waals surface area contributed by atoms with Crippen LogP contribution in [-0.4, -0.2) is 36.3 Å². The van der Waals surface area contributed by atoms with E-state index in [-0.39, 0.29) is 24.0 Å². The number of nitrogens with two attached hydrogens (primary N) is 1. The van der Waals surface area contributed by atoms with Gasteiger partial charge in [-0.05, 0) is 24.1 Å². The molecule has 0 aliphatic heterocycles. The molecule has 0 amide bonds. The van der Waals surface area contributed by atoms with Crippen molar-refractivity contribution in [1.82, 2.24) is 14.9 Å². The van der Waals surface area contributed by atoms with Crippen LogP contribution in [0.5, 0.6) is 11.5 Å². The van der Waals surface area contributed by atoms with Crippen LogP contribution in [0.25, 0.3) is 0 Å². The first-order chi connectivity index (χ1) is 11.2. The van der Waals surface area contributed by atoms with Gasteiger partial charge in [0.1, 0.15) is 0 Å². The number of hydrogen-bond donors (Lipinski definition) is 2. The Morgan fingerprint density at radius 3 is 2.75 bits per heavy atom. The normalized spacial score (nSPS) is 10.8. The predicted octanol–water partition coefficient (Wildman–Crippen LogP) is 2.01. The third-order valence-electron chi connectivity index (χ3n) is 3.34. The summed E-state index contributed by atoms with van der Waals surface area (Å²) in [7, 11) is 3.22. The molecule has 0 bridgehead atoms. The van der Waals surface area contributed by atoms with E-state index in [1.165, 1.54) is 0 Å². The quantitative estimate of drug-likeness (QED) is 0.281. The van der Waals surface area contributed by atoms with Crippen LogP contribution >= 0.6 is 24.0 Å². The minimum Gasteiger partial charge on any atom is -0.493 e. The van der Waals surface area contributed by atoms with Gasteiger partial charge in [0.15, 0.2) is 17.5 Å². The van der Waals surface area contributed by atoms with Crippen LogP contribution in [0.1, 0.15) is 12.0 Å². The van der Waals surface area contributed by atoms with Crippen LogP contribution in [0.2, 0.25) is 0 Å². The molecular weight excluding hydrogens is 421 g/mol. The molecule has 0 saturated heterocycles. The number of nitrogens with zero attached hydrogens (tertiary/aromatic N) is 3. The second-order valence-corrected chi connectivity index (χ2v) is 4.97. The predicted molar refractivity (Wildman–Crippen MR) is 105 cm³/mol. The fraction of sp³-hybridized carbons (Fsp3) is 0.375. The number of aryl methyl sites for hydroxylation is 1. The highest BCUT2D eigenvalue weighted by Crippen LogP contribution is 2.27. The fourth-order valence-corrected chi connectivity index (χ4v) is 2.11. The molecule has 0 saturated carbocycles. The molecule has 1 aromatic carbocycles. The lowest BCUT2D eigenvalue weighted by Crippen LogP contribution is -2.32. The van der Waals surface area contributed by atoms with Gasteiger partial charge in [-0.15, -0.1) is 24.0 Å². The molecule has 0 radical (unpaired) electrons. The van der Waals surface area contributed by atoms with Gasteiger partial charge in [0, 0.05) is 25.5 Å². The highest BCUT2D eigenvalue weighted by atomic mass is 127. The largest absolute Gasteiger partial charge is 0.493 e. The minimum absolute atomic E-state index is 0. The molecule has 2 aromatic rings. The topological polar surface area (TPSA) is 86.7 Å². The van der Waals surface area contributed by atoms with Crippen molar-refractivity contribution in [2.24, 2.45) is 10.7 Å². The zero-order valence-electron chi connectivity index (χ0n) is 13.9. The van der Waals surface area contributed by atoms with Crippen LogP contribution in [0.4, 0.5) is 0 Å². The Labute approximate surface area is 159 Å². The Morgan fingerprint density at radius 1 is 1.29 bits per heavy atom. The van der Waals surface area contributed by atoms with Gasteiger partial charge in [-0.3, -0.25) is 0 Å². The third-order valence-corrected chi connectivity index (χ3v) is 3.34. The summed E-state index contributed by atoms with van der Waals surface area (Å²) in [5.74, 6) is 1.82. The number of aliphatic imine (C=N–C) groups is 1. The lowest BCUT2D eigenvalue weighted by Gasteiger charge is -2.09. The van der Waals surface area contributed by atoms with Crippen molar-refractivity contribution < 1.29 is 9.47 Å². The molecule has 0 atom stereocenters. The average Bonchev–Trinajstić information content (AvgIpc) is 3.10. The number of rotatable bonds is 8. The van der Waals surface area contributed by atoms with Gasteiger partial charge < -0.3 is 25.1 Å². The first-order valence-corrected chi connectivity index (χ1v) is 7.43. The standard InChI is InChI=1S/C16H23N5O2.HI/c1-22-14-5-4-13(10-15(14)23-2)11-20-16(17)19-6-3-8-21-9-7-18-12-21;/h4-5,7,9-10,12H,3,6,8,11H2,1-2H3,(H3,17,19,20);1H. The Balaban J connectivity index is 0.00000288. The van der Waals surface area contributed by atoms with Gasteiger partial charge in [-0.1, -0.05) is 6.07 Å². The van der Waals surface area contributed by atoms with Gasteiger partial charge in [0.2, 0.25) is 0 Å². The Kier molecular flexibility index (Phi) is 8.98. The van der Waals surface area contributed by atoms with Crippen molar-refractivity contribution in [3.8, 4) is 11.5 Å². The summed E-state index contributed by atoms with van der Waals surface area (Å²) in [5.41, 5.74) is 6.88. The highest BCUT2D eigenvalue weighted by molar-refractivity contribution is 14.0. The van der Waals surface area contributed by atoms with Crippen LogP contribution in [0, 0.1) is 0 Å². The summed E-state index contributed by atoms with van der Waals surface area (Å²) in [4.78, 5) is 8.33. The van der Waals surface area contributed by atoms with E-state index in [1.54, 1.807) is 26.7 Å². The van der Waals surface area contributed by atoms with Crippen molar-refractivity contribution in [3.63, 3.8) is 0 Å². The van der Waals surface area contributed by atoms with E-state index in [2.05, 4.69) is 15.3 Å². The second kappa shape index (κ2) is 10.7. The molecule has 3 N–H and O–H groups in total. The maximum atomic E-state index is 5.87. The SMILES string of the molecule is COc1ccc(CN=C(N)NCCCn2ccnc2)cc1OC.I. The maximum Gasteiger partial charge on any atom is 0.188 e. The van der Waals surface area contributed by atoms with Gasteiger partial charge in [-0.25, -0.2) is 9.98 Å². The van der Waals surface area contributed by atoms with Crippen LogP contribution in [0.3, 0.4) is 0 Å². The van der Waals surface area contributed by atoms with Crippen molar-refractivity contribution >= 4 is 29.9 Å². The summed E-state index contributed by atoms with van der Waals surface area (Å²) in [5, 5.41) is 3.10. The average molecular weight is 445 g/mol. The maximum absolute atomic E-state index is 5.87. The molecule has 0 unspecified atom stereocenters. The van der Waals surface area contributed by atoms with Crippen molar-refractivity contribution in [2.45, 2.75) is 19.5 Å². The number of methoxy groups -OCH3 is 2. The Hall–Kier alpha value is -1.97. The molecule has 2 rings (SSSR count). The first-order valence-electron chi connectivity index (χ1n) is 7.43. The van der Waals surface area contributed by atoms with Crippen LogP contribution < -0.4 is 20.5 Å². The smallest absolute Gasteiger partial charge is 0.188 e. The zero-order chi connectivity index (χ0) is 16.5. The molecule has 8 heteroatoms. The number of hydrogen-bond acceptors (Lipinski definition) is 4.